The Kier molecular flexibility index (Phi) is 3.73. The van der Waals surface area contributed by atoms with Gasteiger partial charge in [-0.2, -0.15) is 0 Å². The molecule has 1 aromatic carbocycles. The van der Waals surface area contributed by atoms with Crippen LogP contribution < -0.4 is 0 Å². The molecule has 0 heterocycles. The minimum atomic E-state index is -0.836. The van der Waals surface area contributed by atoms with Crippen molar-refractivity contribution >= 4 is 5.97 Å². The van der Waals surface area contributed by atoms with E-state index < -0.39 is 5.97 Å². The number of hydrogen-bond donors (Lipinski definition) is 2. The summed E-state index contributed by atoms with van der Waals surface area (Å²) in [5.41, 5.74) is 0.964. The van der Waals surface area contributed by atoms with Crippen molar-refractivity contribution in [2.45, 2.75) is 12.8 Å². The molecule has 0 amide bonds. The zero-order valence-corrected chi connectivity index (χ0v) is 7.68. The Bertz CT molecular complexity index is 342. The number of hydrogen-bond acceptors (Lipinski definition) is 2. The standard InChI is InChI=1S/C11H12O3/c12-10-6-3-5-9(8-10)4-1-2-7-11(13)14/h1-3,5-6,8,12H,4,7H2,(H,13,14)/b2-1-. The number of phenolic OH excluding ortho intramolecular Hbond substituents is 1. The zero-order valence-electron chi connectivity index (χ0n) is 7.68. The van der Waals surface area contributed by atoms with E-state index in [1.165, 1.54) is 0 Å². The molecule has 0 atom stereocenters. The number of rotatable bonds is 4. The maximum Gasteiger partial charge on any atom is 0.307 e. The van der Waals surface area contributed by atoms with Crippen LogP contribution in [-0.4, -0.2) is 16.2 Å². The molecule has 0 radical (unpaired) electrons. The fourth-order valence-electron chi connectivity index (χ4n) is 1.09. The van der Waals surface area contributed by atoms with Crippen LogP contribution in [0.1, 0.15) is 12.0 Å². The largest absolute Gasteiger partial charge is 0.508 e. The second-order valence-corrected chi connectivity index (χ2v) is 2.94. The fourth-order valence-corrected chi connectivity index (χ4v) is 1.09. The second-order valence-electron chi connectivity index (χ2n) is 2.94. The van der Waals surface area contributed by atoms with Gasteiger partial charge in [0.25, 0.3) is 0 Å². The van der Waals surface area contributed by atoms with Crippen LogP contribution in [0.2, 0.25) is 0 Å². The van der Waals surface area contributed by atoms with Crippen molar-refractivity contribution in [3.8, 4) is 5.75 Å². The lowest BCUT2D eigenvalue weighted by atomic mass is 10.1. The summed E-state index contributed by atoms with van der Waals surface area (Å²) in [5, 5.41) is 17.5. The normalized spacial score (nSPS) is 10.6. The third kappa shape index (κ3) is 3.76. The summed E-state index contributed by atoms with van der Waals surface area (Å²) in [7, 11) is 0. The lowest BCUT2D eigenvalue weighted by molar-refractivity contribution is -0.136. The molecule has 0 saturated carbocycles. The van der Waals surface area contributed by atoms with Crippen molar-refractivity contribution in [1.29, 1.82) is 0 Å². The monoisotopic (exact) mass is 192 g/mol. The van der Waals surface area contributed by atoms with Crippen molar-refractivity contribution in [3.05, 3.63) is 42.0 Å². The van der Waals surface area contributed by atoms with Crippen LogP contribution >= 0.6 is 0 Å². The summed E-state index contributed by atoms with van der Waals surface area (Å²) < 4.78 is 0. The minimum absolute atomic E-state index is 0.0405. The summed E-state index contributed by atoms with van der Waals surface area (Å²) in [6.07, 6.45) is 4.07. The van der Waals surface area contributed by atoms with Crippen molar-refractivity contribution in [1.82, 2.24) is 0 Å². The van der Waals surface area contributed by atoms with E-state index in [2.05, 4.69) is 0 Å². The summed E-state index contributed by atoms with van der Waals surface area (Å²) in [6, 6.07) is 6.90. The molecule has 0 bridgehead atoms. The van der Waals surface area contributed by atoms with E-state index in [4.69, 9.17) is 10.2 Å². The Hall–Kier alpha value is -1.77. The maximum atomic E-state index is 10.2. The Labute approximate surface area is 82.3 Å². The highest BCUT2D eigenvalue weighted by Crippen LogP contribution is 2.11. The van der Waals surface area contributed by atoms with Crippen molar-refractivity contribution in [2.24, 2.45) is 0 Å². The van der Waals surface area contributed by atoms with Crippen molar-refractivity contribution < 1.29 is 15.0 Å². The van der Waals surface area contributed by atoms with Gasteiger partial charge in [-0.3, -0.25) is 4.79 Å². The fraction of sp³-hybridized carbons (Fsp3) is 0.182. The number of carboxylic acids is 1. The molecule has 0 fully saturated rings. The molecule has 0 saturated heterocycles. The molecule has 3 nitrogen and oxygen atoms in total. The van der Waals surface area contributed by atoms with Gasteiger partial charge in [-0.25, -0.2) is 0 Å². The van der Waals surface area contributed by atoms with E-state index in [0.29, 0.717) is 6.42 Å². The van der Waals surface area contributed by atoms with Crippen LogP contribution in [0.4, 0.5) is 0 Å². The summed E-state index contributed by atoms with van der Waals surface area (Å²) in [4.78, 5) is 10.2. The number of carbonyl (C=O) groups is 1. The van der Waals surface area contributed by atoms with E-state index in [1.54, 1.807) is 30.4 Å². The Morgan fingerprint density at radius 3 is 2.79 bits per heavy atom. The van der Waals surface area contributed by atoms with Crippen molar-refractivity contribution in [2.75, 3.05) is 0 Å². The molecule has 0 aliphatic rings. The van der Waals surface area contributed by atoms with Crippen LogP contribution in [0, 0.1) is 0 Å². The van der Waals surface area contributed by atoms with E-state index in [9.17, 15) is 4.79 Å². The average Bonchev–Trinajstić information content (AvgIpc) is 2.12. The second kappa shape index (κ2) is 5.07. The topological polar surface area (TPSA) is 57.5 Å². The first-order chi connectivity index (χ1) is 6.68. The van der Waals surface area contributed by atoms with E-state index in [0.717, 1.165) is 5.56 Å². The van der Waals surface area contributed by atoms with Gasteiger partial charge in [-0.1, -0.05) is 24.3 Å². The Morgan fingerprint density at radius 1 is 1.36 bits per heavy atom. The molecule has 2 N–H and O–H groups in total. The SMILES string of the molecule is O=C(O)C/C=C\Cc1cccc(O)c1. The van der Waals surface area contributed by atoms with Gasteiger partial charge in [-0.05, 0) is 24.1 Å². The highest BCUT2D eigenvalue weighted by atomic mass is 16.4. The van der Waals surface area contributed by atoms with Gasteiger partial charge in [0.1, 0.15) is 5.75 Å². The average molecular weight is 192 g/mol. The van der Waals surface area contributed by atoms with E-state index >= 15 is 0 Å². The van der Waals surface area contributed by atoms with E-state index in [-0.39, 0.29) is 12.2 Å². The highest BCUT2D eigenvalue weighted by molar-refractivity contribution is 5.68. The van der Waals surface area contributed by atoms with Crippen LogP contribution in [0.3, 0.4) is 0 Å². The van der Waals surface area contributed by atoms with E-state index in [1.807, 2.05) is 6.07 Å². The minimum Gasteiger partial charge on any atom is -0.508 e. The maximum absolute atomic E-state index is 10.2. The van der Waals surface area contributed by atoms with Gasteiger partial charge in [-0.15, -0.1) is 0 Å². The number of benzene rings is 1. The molecular weight excluding hydrogens is 180 g/mol. The molecule has 1 rings (SSSR count). The van der Waals surface area contributed by atoms with Crippen LogP contribution in [0.15, 0.2) is 36.4 Å². The predicted octanol–water partition coefficient (Wildman–Crippen LogP) is 1.97. The van der Waals surface area contributed by atoms with Gasteiger partial charge in [0, 0.05) is 0 Å². The smallest absolute Gasteiger partial charge is 0.307 e. The molecule has 3 heteroatoms. The number of aliphatic carboxylic acids is 1. The molecule has 0 aliphatic heterocycles. The molecular formula is C11H12O3. The van der Waals surface area contributed by atoms with Crippen LogP contribution in [0.5, 0.6) is 5.75 Å². The van der Waals surface area contributed by atoms with Gasteiger partial charge in [0.05, 0.1) is 6.42 Å². The number of aromatic hydroxyl groups is 1. The molecule has 74 valence electrons. The summed E-state index contributed by atoms with van der Waals surface area (Å²) >= 11 is 0. The lowest BCUT2D eigenvalue weighted by Crippen LogP contribution is -1.90. The quantitative estimate of drug-likeness (QED) is 0.717. The first-order valence-electron chi connectivity index (χ1n) is 4.33. The predicted molar refractivity (Wildman–Crippen MR) is 53.2 cm³/mol. The highest BCUT2D eigenvalue weighted by Gasteiger charge is 1.92. The van der Waals surface area contributed by atoms with Gasteiger partial charge in [0.2, 0.25) is 0 Å². The molecule has 1 aromatic rings. The molecule has 0 spiro atoms. The number of allylic oxidation sites excluding steroid dienone is 1. The molecule has 0 aliphatic carbocycles. The zero-order chi connectivity index (χ0) is 10.4. The number of carboxylic acid groups (broad SMARTS) is 1. The Balaban J connectivity index is 2.45. The van der Waals surface area contributed by atoms with Crippen LogP contribution in [-0.2, 0) is 11.2 Å². The Morgan fingerprint density at radius 2 is 2.14 bits per heavy atom. The lowest BCUT2D eigenvalue weighted by Gasteiger charge is -1.96. The summed E-state index contributed by atoms with van der Waals surface area (Å²) in [5.74, 6) is -0.605. The van der Waals surface area contributed by atoms with Gasteiger partial charge < -0.3 is 10.2 Å². The molecule has 0 unspecified atom stereocenters. The van der Waals surface area contributed by atoms with Gasteiger partial charge in [0.15, 0.2) is 0 Å². The summed E-state index contributed by atoms with van der Waals surface area (Å²) in [6.45, 7) is 0. The first kappa shape index (κ1) is 10.3. The van der Waals surface area contributed by atoms with Gasteiger partial charge >= 0.3 is 5.97 Å². The first-order valence-corrected chi connectivity index (χ1v) is 4.33. The van der Waals surface area contributed by atoms with Crippen LogP contribution in [0.25, 0.3) is 0 Å². The molecule has 14 heavy (non-hydrogen) atoms. The number of phenols is 1. The third-order valence-corrected chi connectivity index (χ3v) is 1.72. The third-order valence-electron chi connectivity index (χ3n) is 1.72. The molecule has 0 aromatic heterocycles. The van der Waals surface area contributed by atoms with Crippen molar-refractivity contribution in [3.63, 3.8) is 0 Å².